The summed E-state index contributed by atoms with van der Waals surface area (Å²) in [4.78, 5) is 17.4. The van der Waals surface area contributed by atoms with Gasteiger partial charge in [0.2, 0.25) is 0 Å². The maximum atomic E-state index is 13.9. The lowest BCUT2D eigenvalue weighted by atomic mass is 9.99. The summed E-state index contributed by atoms with van der Waals surface area (Å²) >= 11 is 6.36. The van der Waals surface area contributed by atoms with Gasteiger partial charge in [0.25, 0.3) is 5.92 Å². The zero-order valence-electron chi connectivity index (χ0n) is 22.9. The Bertz CT molecular complexity index is 1420. The molecule has 42 heavy (non-hydrogen) atoms. The number of rotatable bonds is 7. The molecule has 0 bridgehead atoms. The van der Waals surface area contributed by atoms with Crippen LogP contribution in [0, 0.1) is 0 Å². The Morgan fingerprint density at radius 1 is 1.00 bits per heavy atom. The normalized spacial score (nSPS) is 18.9. The van der Waals surface area contributed by atoms with Crippen molar-refractivity contribution in [1.29, 1.82) is 0 Å². The Balaban J connectivity index is 1.36. The van der Waals surface area contributed by atoms with Gasteiger partial charge >= 0.3 is 12.1 Å². The fourth-order valence-electron chi connectivity index (χ4n) is 5.87. The zero-order chi connectivity index (χ0) is 30.2. The zero-order valence-corrected chi connectivity index (χ0v) is 23.7. The molecule has 13 heteroatoms. The van der Waals surface area contributed by atoms with Gasteiger partial charge < -0.3 is 14.9 Å². The first-order chi connectivity index (χ1) is 19.8. The van der Waals surface area contributed by atoms with Crippen LogP contribution < -0.4 is 9.80 Å². The lowest BCUT2D eigenvalue weighted by Gasteiger charge is -2.37. The molecule has 1 aromatic heterocycles. The molecule has 0 radical (unpaired) electrons. The second kappa shape index (κ2) is 11.7. The second-order valence-electron chi connectivity index (χ2n) is 10.9. The van der Waals surface area contributed by atoms with E-state index < -0.39 is 35.4 Å². The number of benzene rings is 2. The molecule has 7 nitrogen and oxygen atoms in total. The maximum Gasteiger partial charge on any atom is 0.433 e. The van der Waals surface area contributed by atoms with Crippen molar-refractivity contribution in [2.24, 2.45) is 0 Å². The van der Waals surface area contributed by atoms with Crippen LogP contribution in [0.25, 0.3) is 11.1 Å². The number of piperidine rings is 1. The van der Waals surface area contributed by atoms with Gasteiger partial charge in [-0.05, 0) is 42.7 Å². The summed E-state index contributed by atoms with van der Waals surface area (Å²) < 4.78 is 69.2. The van der Waals surface area contributed by atoms with Crippen LogP contribution in [0.5, 0.6) is 0 Å². The van der Waals surface area contributed by atoms with Crippen LogP contribution in [0.15, 0.2) is 48.7 Å². The Hall–Kier alpha value is -3.38. The van der Waals surface area contributed by atoms with Crippen LogP contribution in [-0.4, -0.2) is 77.5 Å². The number of carboxylic acids is 1. The molecule has 226 valence electrons. The van der Waals surface area contributed by atoms with Gasteiger partial charge in [-0.2, -0.15) is 18.3 Å². The third-order valence-corrected chi connectivity index (χ3v) is 7.99. The molecule has 0 spiro atoms. The third-order valence-electron chi connectivity index (χ3n) is 7.75. The van der Waals surface area contributed by atoms with Crippen molar-refractivity contribution in [3.05, 3.63) is 64.9 Å². The standard InChI is InChI=1S/C29H31ClF5N5O2/c1-28(31,32)18-37-11-13-38(14-12-37)21-7-4-19(5-8-21)23-9-6-20(30)15-25(23)39-10-2-3-22(17-39)40-26(29(33,34)35)24(16-36-40)27(41)42/h4-9,15-16,22H,2-3,10-14,17-18H2,1H3,(H,41,42). The fourth-order valence-corrected chi connectivity index (χ4v) is 6.04. The number of alkyl halides is 5. The number of carboxylic acid groups (broad SMARTS) is 1. The SMILES string of the molecule is CC(F)(F)CN1CCN(c2ccc(-c3ccc(Cl)cc3N3CCCC(n4ncc(C(=O)O)c4C(F)(F)F)C3)cc2)CC1. The topological polar surface area (TPSA) is 64.8 Å². The molecule has 3 aromatic rings. The van der Waals surface area contributed by atoms with Gasteiger partial charge in [-0.15, -0.1) is 0 Å². The van der Waals surface area contributed by atoms with E-state index >= 15 is 0 Å². The number of piperazine rings is 1. The molecule has 1 atom stereocenters. The summed E-state index contributed by atoms with van der Waals surface area (Å²) in [7, 11) is 0. The minimum Gasteiger partial charge on any atom is -0.478 e. The molecular weight excluding hydrogens is 581 g/mol. The number of carbonyl (C=O) groups is 1. The number of aromatic carboxylic acids is 1. The van der Waals surface area contributed by atoms with Gasteiger partial charge in [-0.25, -0.2) is 13.6 Å². The smallest absolute Gasteiger partial charge is 0.433 e. The van der Waals surface area contributed by atoms with Gasteiger partial charge in [0, 0.05) is 68.2 Å². The summed E-state index contributed by atoms with van der Waals surface area (Å²) in [5, 5.41) is 13.6. The predicted molar refractivity (Wildman–Crippen MR) is 151 cm³/mol. The van der Waals surface area contributed by atoms with E-state index in [1.54, 1.807) is 17.0 Å². The molecule has 1 unspecified atom stereocenters. The minimum absolute atomic E-state index is 0.191. The van der Waals surface area contributed by atoms with E-state index in [1.165, 1.54) is 0 Å². The van der Waals surface area contributed by atoms with Crippen molar-refractivity contribution in [1.82, 2.24) is 14.7 Å². The summed E-state index contributed by atoms with van der Waals surface area (Å²) in [5.74, 6) is -4.40. The molecule has 5 rings (SSSR count). The lowest BCUT2D eigenvalue weighted by Crippen LogP contribution is -2.49. The molecule has 0 amide bonds. The molecule has 0 saturated carbocycles. The van der Waals surface area contributed by atoms with E-state index in [0.29, 0.717) is 50.6 Å². The molecule has 2 aromatic carbocycles. The number of anilines is 2. The van der Waals surface area contributed by atoms with Crippen LogP contribution in [0.3, 0.4) is 0 Å². The molecule has 2 aliphatic rings. The van der Waals surface area contributed by atoms with E-state index in [2.05, 4.69) is 10.00 Å². The Labute approximate surface area is 245 Å². The number of nitrogens with zero attached hydrogens (tertiary/aromatic N) is 5. The highest BCUT2D eigenvalue weighted by atomic mass is 35.5. The fraction of sp³-hybridized carbons (Fsp3) is 0.448. The first kappa shape index (κ1) is 30.1. The van der Waals surface area contributed by atoms with E-state index in [4.69, 9.17) is 11.6 Å². The van der Waals surface area contributed by atoms with Gasteiger partial charge in [-0.3, -0.25) is 9.58 Å². The van der Waals surface area contributed by atoms with Crippen molar-refractivity contribution < 1.29 is 31.9 Å². The van der Waals surface area contributed by atoms with E-state index in [1.807, 2.05) is 35.2 Å². The summed E-state index contributed by atoms with van der Waals surface area (Å²) in [6.07, 6.45) is -3.13. The van der Waals surface area contributed by atoms with Crippen molar-refractivity contribution >= 4 is 28.9 Å². The summed E-state index contributed by atoms with van der Waals surface area (Å²) in [5.41, 5.74) is 1.35. The van der Waals surface area contributed by atoms with Crippen LogP contribution in [-0.2, 0) is 6.18 Å². The minimum atomic E-state index is -4.87. The molecular formula is C29H31ClF5N5O2. The van der Waals surface area contributed by atoms with E-state index in [9.17, 15) is 31.9 Å². The van der Waals surface area contributed by atoms with Crippen LogP contribution in [0.2, 0.25) is 5.02 Å². The molecule has 1 N–H and O–H groups in total. The number of hydrogen-bond donors (Lipinski definition) is 1. The lowest BCUT2D eigenvalue weighted by molar-refractivity contribution is -0.145. The van der Waals surface area contributed by atoms with Crippen LogP contribution in [0.1, 0.15) is 41.9 Å². The van der Waals surface area contributed by atoms with Gasteiger partial charge in [0.15, 0.2) is 5.69 Å². The van der Waals surface area contributed by atoms with Crippen molar-refractivity contribution in [3.63, 3.8) is 0 Å². The van der Waals surface area contributed by atoms with Crippen LogP contribution >= 0.6 is 11.6 Å². The van der Waals surface area contributed by atoms with Gasteiger partial charge in [0.05, 0.1) is 18.8 Å². The highest BCUT2D eigenvalue weighted by Gasteiger charge is 2.42. The number of hydrogen-bond acceptors (Lipinski definition) is 5. The third kappa shape index (κ3) is 6.64. The maximum absolute atomic E-state index is 13.9. The molecule has 2 saturated heterocycles. The van der Waals surface area contributed by atoms with E-state index in [-0.39, 0.29) is 13.1 Å². The van der Waals surface area contributed by atoms with Crippen molar-refractivity contribution in [2.75, 3.05) is 55.6 Å². The Morgan fingerprint density at radius 2 is 1.69 bits per heavy atom. The number of aromatic nitrogens is 2. The first-order valence-electron chi connectivity index (χ1n) is 13.7. The summed E-state index contributed by atoms with van der Waals surface area (Å²) in [6.45, 7) is 3.80. The largest absolute Gasteiger partial charge is 0.478 e. The van der Waals surface area contributed by atoms with Gasteiger partial charge in [-0.1, -0.05) is 29.8 Å². The second-order valence-corrected chi connectivity index (χ2v) is 11.4. The summed E-state index contributed by atoms with van der Waals surface area (Å²) in [6, 6.07) is 12.6. The highest BCUT2D eigenvalue weighted by Crippen LogP contribution is 2.39. The van der Waals surface area contributed by atoms with Gasteiger partial charge in [0.1, 0.15) is 5.56 Å². The molecule has 0 aliphatic carbocycles. The molecule has 2 aliphatic heterocycles. The number of halogens is 6. The van der Waals surface area contributed by atoms with Crippen molar-refractivity contribution in [3.8, 4) is 11.1 Å². The first-order valence-corrected chi connectivity index (χ1v) is 14.1. The van der Waals surface area contributed by atoms with E-state index in [0.717, 1.165) is 40.3 Å². The predicted octanol–water partition coefficient (Wildman–Crippen LogP) is 6.54. The van der Waals surface area contributed by atoms with Crippen LogP contribution in [0.4, 0.5) is 33.3 Å². The molecule has 2 fully saturated rings. The average Bonchev–Trinajstić information content (AvgIpc) is 3.40. The average molecular weight is 612 g/mol. The molecule has 3 heterocycles. The quantitative estimate of drug-likeness (QED) is 0.306. The monoisotopic (exact) mass is 611 g/mol. The Kier molecular flexibility index (Phi) is 8.39. The van der Waals surface area contributed by atoms with Crippen molar-refractivity contribution in [2.45, 2.75) is 37.9 Å². The Morgan fingerprint density at radius 3 is 2.31 bits per heavy atom. The highest BCUT2D eigenvalue weighted by molar-refractivity contribution is 6.31.